The number of hydrogen-bond acceptors (Lipinski definition) is 3. The first kappa shape index (κ1) is 34.2. The zero-order valence-corrected chi connectivity index (χ0v) is 31.7. The van der Waals surface area contributed by atoms with Gasteiger partial charge in [0.05, 0.1) is 11.0 Å². The Bertz CT molecular complexity index is 2990. The predicted molar refractivity (Wildman–Crippen MR) is 235 cm³/mol. The van der Waals surface area contributed by atoms with Crippen molar-refractivity contribution in [2.24, 2.45) is 0 Å². The number of fused-ring (bicyclic) bond motifs is 6. The van der Waals surface area contributed by atoms with Crippen LogP contribution in [-0.2, 0) is 5.41 Å². The standard InChI is InChI=1S/C53H38N2O2/c1-53(2)49-11-7-6-10-45(49)46-27-26-44(32-50(46)53)54(41-22-15-38(16-23-41)37-8-4-3-5-9-37)42-24-17-39(18-25-42)40-19-29-52-48(31-40)47-30-36(34-57)14-28-51(47)55(52)43-20-12-35(33-56)13-21-43/h3-34H,1-2H3. The van der Waals surface area contributed by atoms with Gasteiger partial charge >= 0.3 is 0 Å². The Morgan fingerprint density at radius 2 is 0.965 bits per heavy atom. The van der Waals surface area contributed by atoms with Crippen LogP contribution in [-0.4, -0.2) is 17.1 Å². The van der Waals surface area contributed by atoms with E-state index < -0.39 is 0 Å². The summed E-state index contributed by atoms with van der Waals surface area (Å²) in [4.78, 5) is 25.6. The normalized spacial score (nSPS) is 12.7. The molecule has 0 fully saturated rings. The number of benzene rings is 8. The van der Waals surface area contributed by atoms with Gasteiger partial charge in [0.2, 0.25) is 0 Å². The van der Waals surface area contributed by atoms with Gasteiger partial charge in [-0.15, -0.1) is 0 Å². The Balaban J connectivity index is 1.07. The van der Waals surface area contributed by atoms with Gasteiger partial charge in [0.25, 0.3) is 0 Å². The molecule has 0 unspecified atom stereocenters. The summed E-state index contributed by atoms with van der Waals surface area (Å²) in [6, 6.07) is 63.8. The minimum Gasteiger partial charge on any atom is -0.310 e. The SMILES string of the molecule is CC1(C)c2ccccc2-c2ccc(N(c3ccc(-c4ccccc4)cc3)c3ccc(-c4ccc5c(c4)c4cc(C=O)ccc4n5-c4ccc(C=O)cc4)cc3)cc21. The van der Waals surface area contributed by atoms with Crippen molar-refractivity contribution in [3.63, 3.8) is 0 Å². The Labute approximate surface area is 331 Å². The lowest BCUT2D eigenvalue weighted by Crippen LogP contribution is -2.16. The summed E-state index contributed by atoms with van der Waals surface area (Å²) in [5.74, 6) is 0. The monoisotopic (exact) mass is 734 g/mol. The Hall–Kier alpha value is -7.30. The summed E-state index contributed by atoms with van der Waals surface area (Å²) >= 11 is 0. The molecule has 0 amide bonds. The molecule has 4 heteroatoms. The van der Waals surface area contributed by atoms with Gasteiger partial charge in [-0.25, -0.2) is 0 Å². The highest BCUT2D eigenvalue weighted by atomic mass is 16.1. The summed E-state index contributed by atoms with van der Waals surface area (Å²) in [5, 5.41) is 2.05. The summed E-state index contributed by atoms with van der Waals surface area (Å²) in [5.41, 5.74) is 17.2. The molecular formula is C53H38N2O2. The third-order valence-corrected chi connectivity index (χ3v) is 11.7. The smallest absolute Gasteiger partial charge is 0.150 e. The average molecular weight is 735 g/mol. The fourth-order valence-electron chi connectivity index (χ4n) is 8.79. The molecular weight excluding hydrogens is 697 g/mol. The molecule has 1 aliphatic rings. The van der Waals surface area contributed by atoms with Gasteiger partial charge in [0.1, 0.15) is 12.6 Å². The molecule has 9 aromatic rings. The molecule has 8 aromatic carbocycles. The summed E-state index contributed by atoms with van der Waals surface area (Å²) in [6.45, 7) is 4.65. The molecule has 0 bridgehead atoms. The van der Waals surface area contributed by atoms with Crippen LogP contribution in [0, 0.1) is 0 Å². The number of anilines is 3. The summed E-state index contributed by atoms with van der Waals surface area (Å²) < 4.78 is 2.19. The van der Waals surface area contributed by atoms with Gasteiger partial charge in [0, 0.05) is 50.1 Å². The topological polar surface area (TPSA) is 42.3 Å². The highest BCUT2D eigenvalue weighted by molar-refractivity contribution is 6.11. The fraction of sp³-hybridized carbons (Fsp3) is 0.0566. The zero-order valence-electron chi connectivity index (χ0n) is 31.7. The largest absolute Gasteiger partial charge is 0.310 e. The maximum Gasteiger partial charge on any atom is 0.150 e. The van der Waals surface area contributed by atoms with Gasteiger partial charge in [-0.1, -0.05) is 105 Å². The van der Waals surface area contributed by atoms with E-state index in [2.05, 4.69) is 157 Å². The second-order valence-electron chi connectivity index (χ2n) is 15.4. The van der Waals surface area contributed by atoms with Crippen LogP contribution in [0.15, 0.2) is 182 Å². The van der Waals surface area contributed by atoms with Gasteiger partial charge < -0.3 is 9.47 Å². The van der Waals surface area contributed by atoms with E-state index in [1.165, 1.54) is 33.4 Å². The summed E-state index contributed by atoms with van der Waals surface area (Å²) in [7, 11) is 0. The Morgan fingerprint density at radius 3 is 1.65 bits per heavy atom. The second-order valence-corrected chi connectivity index (χ2v) is 15.4. The minimum atomic E-state index is -0.123. The Kier molecular flexibility index (Phi) is 8.08. The third-order valence-electron chi connectivity index (χ3n) is 11.7. The number of nitrogens with zero attached hydrogens (tertiary/aromatic N) is 2. The van der Waals surface area contributed by atoms with Crippen LogP contribution >= 0.6 is 0 Å². The second kappa shape index (κ2) is 13.5. The van der Waals surface area contributed by atoms with Crippen LogP contribution in [0.2, 0.25) is 0 Å². The van der Waals surface area contributed by atoms with Crippen molar-refractivity contribution in [2.45, 2.75) is 19.3 Å². The third kappa shape index (κ3) is 5.68. The van der Waals surface area contributed by atoms with Crippen molar-refractivity contribution in [2.75, 3.05) is 4.90 Å². The van der Waals surface area contributed by atoms with E-state index >= 15 is 0 Å². The van der Waals surface area contributed by atoms with Crippen molar-refractivity contribution in [1.82, 2.24) is 4.57 Å². The average Bonchev–Trinajstić information content (AvgIpc) is 3.71. The van der Waals surface area contributed by atoms with Crippen molar-refractivity contribution in [3.05, 3.63) is 204 Å². The highest BCUT2D eigenvalue weighted by Crippen LogP contribution is 2.50. The fourth-order valence-corrected chi connectivity index (χ4v) is 8.79. The summed E-state index contributed by atoms with van der Waals surface area (Å²) in [6.07, 6.45) is 1.75. The predicted octanol–water partition coefficient (Wildman–Crippen LogP) is 13.5. The van der Waals surface area contributed by atoms with E-state index in [-0.39, 0.29) is 5.41 Å². The maximum atomic E-state index is 11.9. The van der Waals surface area contributed by atoms with Crippen LogP contribution in [0.1, 0.15) is 45.7 Å². The molecule has 0 spiro atoms. The molecule has 0 saturated heterocycles. The van der Waals surface area contributed by atoms with Crippen LogP contribution in [0.3, 0.4) is 0 Å². The van der Waals surface area contributed by atoms with Crippen LogP contribution in [0.5, 0.6) is 0 Å². The van der Waals surface area contributed by atoms with E-state index in [1.807, 2.05) is 48.5 Å². The van der Waals surface area contributed by atoms with Crippen molar-refractivity contribution < 1.29 is 9.59 Å². The molecule has 1 heterocycles. The maximum absolute atomic E-state index is 11.9. The van der Waals surface area contributed by atoms with Gasteiger partial charge in [0.15, 0.2) is 0 Å². The van der Waals surface area contributed by atoms with E-state index in [4.69, 9.17) is 0 Å². The van der Waals surface area contributed by atoms with Crippen molar-refractivity contribution in [1.29, 1.82) is 0 Å². The zero-order chi connectivity index (χ0) is 38.7. The van der Waals surface area contributed by atoms with E-state index in [0.717, 1.165) is 68.3 Å². The molecule has 0 saturated carbocycles. The molecule has 57 heavy (non-hydrogen) atoms. The molecule has 0 atom stereocenters. The number of carbonyl (C=O) groups is 2. The number of carbonyl (C=O) groups excluding carboxylic acids is 2. The van der Waals surface area contributed by atoms with Crippen LogP contribution in [0.4, 0.5) is 17.1 Å². The van der Waals surface area contributed by atoms with Crippen LogP contribution in [0.25, 0.3) is 60.9 Å². The molecule has 1 aliphatic carbocycles. The van der Waals surface area contributed by atoms with Crippen LogP contribution < -0.4 is 4.90 Å². The van der Waals surface area contributed by atoms with Gasteiger partial charge in [-0.3, -0.25) is 9.59 Å². The lowest BCUT2D eigenvalue weighted by molar-refractivity contribution is 0.111. The Morgan fingerprint density at radius 1 is 0.439 bits per heavy atom. The van der Waals surface area contributed by atoms with E-state index in [1.54, 1.807) is 0 Å². The molecule has 4 nitrogen and oxygen atoms in total. The minimum absolute atomic E-state index is 0.123. The number of aromatic nitrogens is 1. The first-order valence-corrected chi connectivity index (χ1v) is 19.3. The molecule has 0 radical (unpaired) electrons. The van der Waals surface area contributed by atoms with Crippen molar-refractivity contribution in [3.8, 4) is 39.1 Å². The highest BCUT2D eigenvalue weighted by Gasteiger charge is 2.35. The molecule has 272 valence electrons. The number of aldehydes is 2. The van der Waals surface area contributed by atoms with Crippen molar-refractivity contribution >= 4 is 51.4 Å². The molecule has 0 aliphatic heterocycles. The number of rotatable bonds is 8. The molecule has 0 N–H and O–H groups in total. The lowest BCUT2D eigenvalue weighted by atomic mass is 9.82. The van der Waals surface area contributed by atoms with E-state index in [9.17, 15) is 9.59 Å². The lowest BCUT2D eigenvalue weighted by Gasteiger charge is -2.28. The first-order chi connectivity index (χ1) is 27.9. The van der Waals surface area contributed by atoms with Gasteiger partial charge in [-0.2, -0.15) is 0 Å². The first-order valence-electron chi connectivity index (χ1n) is 19.3. The number of hydrogen-bond donors (Lipinski definition) is 0. The molecule has 10 rings (SSSR count). The van der Waals surface area contributed by atoms with E-state index in [0.29, 0.717) is 11.1 Å². The molecule has 1 aromatic heterocycles. The van der Waals surface area contributed by atoms with Gasteiger partial charge in [-0.05, 0) is 136 Å². The quantitative estimate of drug-likeness (QED) is 0.146.